The number of hydrogen-bond acceptors (Lipinski definition) is 1. The van der Waals surface area contributed by atoms with E-state index < -0.39 is 0 Å². The highest BCUT2D eigenvalue weighted by Crippen LogP contribution is 2.09. The molecule has 11 heavy (non-hydrogen) atoms. The van der Waals surface area contributed by atoms with Crippen molar-refractivity contribution in [3.63, 3.8) is 0 Å². The molecule has 1 heterocycles. The lowest BCUT2D eigenvalue weighted by molar-refractivity contribution is 0.308. The highest BCUT2D eigenvalue weighted by atomic mass is 15.1. The molecular weight excluding hydrogens is 134 g/mol. The molecule has 1 nitrogen and oxygen atoms in total. The summed E-state index contributed by atoms with van der Waals surface area (Å²) in [6, 6.07) is 0. The van der Waals surface area contributed by atoms with Gasteiger partial charge in [0.05, 0.1) is 0 Å². The van der Waals surface area contributed by atoms with Gasteiger partial charge in [0.15, 0.2) is 0 Å². The standard InChI is InChI=1S/C10H18N/c1-10(2)6-9-11-7-4-3-5-8-11/h6,9-10H,1,3-5,7-8H2,2H3. The third kappa shape index (κ3) is 3.45. The van der Waals surface area contributed by atoms with Gasteiger partial charge in [0, 0.05) is 13.1 Å². The first kappa shape index (κ1) is 8.63. The Morgan fingerprint density at radius 3 is 2.45 bits per heavy atom. The van der Waals surface area contributed by atoms with E-state index in [1.165, 1.54) is 32.4 Å². The first-order valence-corrected chi connectivity index (χ1v) is 4.54. The largest absolute Gasteiger partial charge is 0.378 e. The van der Waals surface area contributed by atoms with Crippen LogP contribution in [0.5, 0.6) is 0 Å². The highest BCUT2D eigenvalue weighted by Gasteiger charge is 2.04. The van der Waals surface area contributed by atoms with E-state index >= 15 is 0 Å². The average molecular weight is 152 g/mol. The van der Waals surface area contributed by atoms with Crippen LogP contribution in [0.3, 0.4) is 0 Å². The fourth-order valence-corrected chi connectivity index (χ4v) is 1.34. The van der Waals surface area contributed by atoms with Gasteiger partial charge in [0.25, 0.3) is 0 Å². The fraction of sp³-hybridized carbons (Fsp3) is 0.700. The zero-order valence-corrected chi connectivity index (χ0v) is 7.42. The normalized spacial score (nSPS) is 20.1. The van der Waals surface area contributed by atoms with E-state index in [0.717, 1.165) is 0 Å². The number of allylic oxidation sites excluding steroid dienone is 1. The zero-order valence-electron chi connectivity index (χ0n) is 7.42. The van der Waals surface area contributed by atoms with Gasteiger partial charge in [-0.3, -0.25) is 0 Å². The quantitative estimate of drug-likeness (QED) is 0.587. The summed E-state index contributed by atoms with van der Waals surface area (Å²) in [6.07, 6.45) is 8.50. The Balaban J connectivity index is 2.23. The van der Waals surface area contributed by atoms with Crippen LogP contribution < -0.4 is 0 Å². The molecule has 0 aromatic heterocycles. The highest BCUT2D eigenvalue weighted by molar-refractivity contribution is 4.88. The molecular formula is C10H18N. The van der Waals surface area contributed by atoms with E-state index in [1.54, 1.807) is 0 Å². The van der Waals surface area contributed by atoms with Crippen molar-refractivity contribution >= 4 is 0 Å². The molecule has 0 amide bonds. The monoisotopic (exact) mass is 152 g/mol. The first-order chi connectivity index (χ1) is 5.29. The number of likely N-dealkylation sites (tertiary alicyclic amines) is 1. The van der Waals surface area contributed by atoms with E-state index in [9.17, 15) is 0 Å². The number of nitrogens with zero attached hydrogens (tertiary/aromatic N) is 1. The molecule has 1 heteroatoms. The van der Waals surface area contributed by atoms with Crippen molar-refractivity contribution in [2.45, 2.75) is 26.2 Å². The lowest BCUT2D eigenvalue weighted by Gasteiger charge is -2.24. The minimum atomic E-state index is 0.442. The molecule has 1 saturated heterocycles. The lowest BCUT2D eigenvalue weighted by Crippen LogP contribution is -2.24. The van der Waals surface area contributed by atoms with Gasteiger partial charge in [0.1, 0.15) is 0 Å². The predicted octanol–water partition coefficient (Wildman–Crippen LogP) is 2.46. The molecule has 1 aliphatic heterocycles. The van der Waals surface area contributed by atoms with Crippen molar-refractivity contribution in [2.75, 3.05) is 13.1 Å². The lowest BCUT2D eigenvalue weighted by atomic mass is 10.1. The van der Waals surface area contributed by atoms with E-state index in [0.29, 0.717) is 5.92 Å². The molecule has 1 aliphatic rings. The summed E-state index contributed by atoms with van der Waals surface area (Å²) in [6.45, 7) is 8.50. The van der Waals surface area contributed by atoms with Gasteiger partial charge in [-0.1, -0.05) is 13.0 Å². The van der Waals surface area contributed by atoms with Crippen molar-refractivity contribution < 1.29 is 0 Å². The number of piperidine rings is 1. The zero-order chi connectivity index (χ0) is 8.10. The smallest absolute Gasteiger partial charge is 0.0172 e. The fourth-order valence-electron chi connectivity index (χ4n) is 1.34. The van der Waals surface area contributed by atoms with Crippen LogP contribution in [0.4, 0.5) is 0 Å². The van der Waals surface area contributed by atoms with Gasteiger partial charge in [-0.2, -0.15) is 0 Å². The van der Waals surface area contributed by atoms with Crippen LogP contribution in [0.25, 0.3) is 0 Å². The van der Waals surface area contributed by atoms with Crippen molar-refractivity contribution in [1.29, 1.82) is 0 Å². The molecule has 1 atom stereocenters. The topological polar surface area (TPSA) is 3.24 Å². The van der Waals surface area contributed by atoms with Gasteiger partial charge in [-0.05, 0) is 38.3 Å². The molecule has 1 radical (unpaired) electrons. The van der Waals surface area contributed by atoms with Gasteiger partial charge in [0.2, 0.25) is 0 Å². The van der Waals surface area contributed by atoms with Crippen molar-refractivity contribution in [3.8, 4) is 0 Å². The maximum absolute atomic E-state index is 3.91. The maximum atomic E-state index is 3.91. The number of hydrogen-bond donors (Lipinski definition) is 0. The van der Waals surface area contributed by atoms with Gasteiger partial charge >= 0.3 is 0 Å². The maximum Gasteiger partial charge on any atom is 0.0172 e. The van der Waals surface area contributed by atoms with Crippen LogP contribution in [-0.4, -0.2) is 18.0 Å². The summed E-state index contributed by atoms with van der Waals surface area (Å²) in [5.41, 5.74) is 0. The van der Waals surface area contributed by atoms with Crippen LogP contribution in [0.2, 0.25) is 0 Å². The summed E-state index contributed by atoms with van der Waals surface area (Å²) in [7, 11) is 0. The molecule has 0 saturated carbocycles. The molecule has 1 rings (SSSR count). The van der Waals surface area contributed by atoms with Crippen molar-refractivity contribution in [3.05, 3.63) is 19.2 Å². The second-order valence-electron chi connectivity index (χ2n) is 3.42. The van der Waals surface area contributed by atoms with Gasteiger partial charge in [-0.25, -0.2) is 0 Å². The summed E-state index contributed by atoms with van der Waals surface area (Å²) in [5, 5.41) is 0. The summed E-state index contributed by atoms with van der Waals surface area (Å²) < 4.78 is 0. The average Bonchev–Trinajstić information content (AvgIpc) is 2.03. The molecule has 1 fully saturated rings. The summed E-state index contributed by atoms with van der Waals surface area (Å²) >= 11 is 0. The van der Waals surface area contributed by atoms with E-state index in [4.69, 9.17) is 0 Å². The Morgan fingerprint density at radius 2 is 1.91 bits per heavy atom. The molecule has 0 aromatic rings. The van der Waals surface area contributed by atoms with Crippen molar-refractivity contribution in [2.24, 2.45) is 5.92 Å². The second-order valence-corrected chi connectivity index (χ2v) is 3.42. The Kier molecular flexibility index (Phi) is 3.47. The molecule has 63 valence electrons. The predicted molar refractivity (Wildman–Crippen MR) is 49.1 cm³/mol. The third-order valence-electron chi connectivity index (χ3n) is 2.02. The van der Waals surface area contributed by atoms with Gasteiger partial charge < -0.3 is 4.90 Å². The number of rotatable bonds is 2. The van der Waals surface area contributed by atoms with Crippen molar-refractivity contribution in [1.82, 2.24) is 4.90 Å². The SMILES string of the molecule is [CH2]C(C)C=CN1CCCCC1. The molecule has 0 spiro atoms. The van der Waals surface area contributed by atoms with E-state index in [-0.39, 0.29) is 0 Å². The van der Waals surface area contributed by atoms with E-state index in [2.05, 4.69) is 31.0 Å². The minimum absolute atomic E-state index is 0.442. The molecule has 0 aromatic carbocycles. The van der Waals surface area contributed by atoms with Crippen LogP contribution in [0.1, 0.15) is 26.2 Å². The first-order valence-electron chi connectivity index (χ1n) is 4.54. The van der Waals surface area contributed by atoms with E-state index in [1.807, 2.05) is 0 Å². The molecule has 0 bridgehead atoms. The minimum Gasteiger partial charge on any atom is -0.378 e. The van der Waals surface area contributed by atoms with Crippen LogP contribution >= 0.6 is 0 Å². The summed E-state index contributed by atoms with van der Waals surface area (Å²) in [5.74, 6) is 0.442. The Labute approximate surface area is 70.1 Å². The Morgan fingerprint density at radius 1 is 1.27 bits per heavy atom. The second kappa shape index (κ2) is 4.42. The van der Waals surface area contributed by atoms with Gasteiger partial charge in [-0.15, -0.1) is 0 Å². The Hall–Kier alpha value is -0.460. The molecule has 0 aliphatic carbocycles. The Bertz CT molecular complexity index is 121. The third-order valence-corrected chi connectivity index (χ3v) is 2.02. The van der Waals surface area contributed by atoms with Crippen LogP contribution in [0, 0.1) is 12.8 Å². The summed E-state index contributed by atoms with van der Waals surface area (Å²) in [4.78, 5) is 2.39. The molecule has 0 N–H and O–H groups in total. The molecule has 1 unspecified atom stereocenters. The van der Waals surface area contributed by atoms with Crippen LogP contribution in [-0.2, 0) is 0 Å². The van der Waals surface area contributed by atoms with Crippen LogP contribution in [0.15, 0.2) is 12.3 Å².